The lowest BCUT2D eigenvalue weighted by atomic mass is 10.1. The van der Waals surface area contributed by atoms with Crippen molar-refractivity contribution >= 4 is 11.8 Å². The fraction of sp³-hybridized carbons (Fsp3) is 0.455. The molecule has 2 nitrogen and oxygen atoms in total. The number of fused-ring (bicyclic) bond motifs is 1. The van der Waals surface area contributed by atoms with E-state index in [0.717, 1.165) is 11.3 Å². The molecule has 0 aromatic heterocycles. The second kappa shape index (κ2) is 3.17. The molecule has 1 unspecified atom stereocenters. The van der Waals surface area contributed by atoms with Gasteiger partial charge < -0.3 is 10.5 Å². The number of benzene rings is 1. The summed E-state index contributed by atoms with van der Waals surface area (Å²) in [6.07, 6.45) is 0. The maximum absolute atomic E-state index is 5.81. The summed E-state index contributed by atoms with van der Waals surface area (Å²) in [6, 6.07) is 6.27. The molecule has 76 valence electrons. The first-order valence-electron chi connectivity index (χ1n) is 4.75. The molecule has 3 heteroatoms. The average molecular weight is 209 g/mol. The van der Waals surface area contributed by atoms with E-state index >= 15 is 0 Å². The van der Waals surface area contributed by atoms with Crippen LogP contribution in [0.5, 0.6) is 5.75 Å². The highest BCUT2D eigenvalue weighted by molar-refractivity contribution is 8.00. The van der Waals surface area contributed by atoms with Gasteiger partial charge in [-0.15, -0.1) is 0 Å². The van der Waals surface area contributed by atoms with E-state index in [1.807, 2.05) is 13.0 Å². The lowest BCUT2D eigenvalue weighted by Crippen LogP contribution is -2.18. The third-order valence-electron chi connectivity index (χ3n) is 2.21. The molecule has 0 saturated heterocycles. The Labute approximate surface area is 88.8 Å². The van der Waals surface area contributed by atoms with Crippen molar-refractivity contribution in [3.05, 3.63) is 23.8 Å². The molecule has 0 bridgehead atoms. The van der Waals surface area contributed by atoms with Crippen molar-refractivity contribution in [1.82, 2.24) is 0 Å². The van der Waals surface area contributed by atoms with Gasteiger partial charge in [0.25, 0.3) is 0 Å². The normalized spacial score (nSPS) is 20.0. The van der Waals surface area contributed by atoms with E-state index < -0.39 is 0 Å². The van der Waals surface area contributed by atoms with Crippen LogP contribution in [0.2, 0.25) is 0 Å². The summed E-state index contributed by atoms with van der Waals surface area (Å²) in [4.78, 5) is 1.07. The largest absolute Gasteiger partial charge is 0.476 e. The van der Waals surface area contributed by atoms with Crippen molar-refractivity contribution in [2.45, 2.75) is 36.6 Å². The molecule has 1 heterocycles. The lowest BCUT2D eigenvalue weighted by Gasteiger charge is -2.15. The summed E-state index contributed by atoms with van der Waals surface area (Å²) in [5.74, 6) is 0.967. The predicted octanol–water partition coefficient (Wildman–Crippen LogP) is 2.93. The van der Waals surface area contributed by atoms with E-state index in [-0.39, 0.29) is 11.0 Å². The van der Waals surface area contributed by atoms with Crippen LogP contribution in [0.1, 0.15) is 32.4 Å². The van der Waals surface area contributed by atoms with E-state index in [1.165, 1.54) is 4.90 Å². The van der Waals surface area contributed by atoms with Gasteiger partial charge >= 0.3 is 0 Å². The van der Waals surface area contributed by atoms with E-state index in [4.69, 9.17) is 10.5 Å². The summed E-state index contributed by atoms with van der Waals surface area (Å²) < 4.78 is 5.79. The first kappa shape index (κ1) is 9.87. The molecular formula is C11H15NOS. The highest BCUT2D eigenvalue weighted by Gasteiger charge is 2.30. The van der Waals surface area contributed by atoms with Gasteiger partial charge in [0, 0.05) is 6.04 Å². The minimum absolute atomic E-state index is 0.0672. The average Bonchev–Trinajstić information content (AvgIpc) is 2.36. The molecule has 1 aromatic rings. The Balaban J connectivity index is 2.36. The van der Waals surface area contributed by atoms with Crippen molar-refractivity contribution in [2.24, 2.45) is 5.73 Å². The fourth-order valence-corrected chi connectivity index (χ4v) is 2.52. The smallest absolute Gasteiger partial charge is 0.153 e. The van der Waals surface area contributed by atoms with Crippen molar-refractivity contribution in [2.75, 3.05) is 0 Å². The maximum Gasteiger partial charge on any atom is 0.153 e. The zero-order chi connectivity index (χ0) is 10.3. The molecular weight excluding hydrogens is 194 g/mol. The fourth-order valence-electron chi connectivity index (χ4n) is 1.52. The van der Waals surface area contributed by atoms with E-state index in [1.54, 1.807) is 11.8 Å². The second-order valence-corrected chi connectivity index (χ2v) is 5.73. The lowest BCUT2D eigenvalue weighted by molar-refractivity contribution is 0.214. The maximum atomic E-state index is 5.81. The third-order valence-corrected chi connectivity index (χ3v) is 3.34. The molecule has 0 radical (unpaired) electrons. The van der Waals surface area contributed by atoms with Crippen molar-refractivity contribution in [1.29, 1.82) is 0 Å². The van der Waals surface area contributed by atoms with Crippen molar-refractivity contribution in [3.63, 3.8) is 0 Å². The van der Waals surface area contributed by atoms with Crippen LogP contribution in [0.3, 0.4) is 0 Å². The molecule has 2 N–H and O–H groups in total. The van der Waals surface area contributed by atoms with Gasteiger partial charge in [0.1, 0.15) is 5.75 Å². The van der Waals surface area contributed by atoms with Crippen molar-refractivity contribution in [3.8, 4) is 5.75 Å². The van der Waals surface area contributed by atoms with E-state index in [9.17, 15) is 0 Å². The van der Waals surface area contributed by atoms with Crippen LogP contribution >= 0.6 is 11.8 Å². The first-order chi connectivity index (χ1) is 6.48. The second-order valence-electron chi connectivity index (χ2n) is 4.10. The Kier molecular flexibility index (Phi) is 2.24. The van der Waals surface area contributed by atoms with Crippen LogP contribution in [-0.4, -0.2) is 4.93 Å². The summed E-state index contributed by atoms with van der Waals surface area (Å²) in [6.45, 7) is 6.13. The highest BCUT2D eigenvalue weighted by Crippen LogP contribution is 2.47. The van der Waals surface area contributed by atoms with Gasteiger partial charge in [0.05, 0.1) is 4.90 Å². The van der Waals surface area contributed by atoms with Crippen LogP contribution in [-0.2, 0) is 0 Å². The monoisotopic (exact) mass is 209 g/mol. The SMILES string of the molecule is CC(N)c1ccc2c(c1)OC(C)(C)S2. The molecule has 0 spiro atoms. The molecule has 0 amide bonds. The van der Waals surface area contributed by atoms with Gasteiger partial charge in [-0.3, -0.25) is 0 Å². The first-order valence-corrected chi connectivity index (χ1v) is 5.57. The Morgan fingerprint density at radius 3 is 2.79 bits per heavy atom. The Morgan fingerprint density at radius 1 is 1.43 bits per heavy atom. The van der Waals surface area contributed by atoms with Gasteiger partial charge in [-0.25, -0.2) is 0 Å². The highest BCUT2D eigenvalue weighted by atomic mass is 32.2. The van der Waals surface area contributed by atoms with Crippen LogP contribution in [0.15, 0.2) is 23.1 Å². The Hall–Kier alpha value is -0.670. The third kappa shape index (κ3) is 1.74. The molecule has 1 aromatic carbocycles. The molecule has 0 aliphatic carbocycles. The van der Waals surface area contributed by atoms with E-state index in [0.29, 0.717) is 0 Å². The summed E-state index contributed by atoms with van der Waals surface area (Å²) in [7, 11) is 0. The summed E-state index contributed by atoms with van der Waals surface area (Å²) in [5.41, 5.74) is 6.94. The summed E-state index contributed by atoms with van der Waals surface area (Å²) >= 11 is 1.75. The molecule has 1 aliphatic rings. The van der Waals surface area contributed by atoms with Gasteiger partial charge in [-0.2, -0.15) is 0 Å². The number of ether oxygens (including phenoxy) is 1. The minimum atomic E-state index is -0.140. The van der Waals surface area contributed by atoms with E-state index in [2.05, 4.69) is 26.0 Å². The molecule has 0 fully saturated rings. The zero-order valence-electron chi connectivity index (χ0n) is 8.70. The zero-order valence-corrected chi connectivity index (χ0v) is 9.52. The van der Waals surface area contributed by atoms with Crippen LogP contribution in [0.4, 0.5) is 0 Å². The quantitative estimate of drug-likeness (QED) is 0.772. The van der Waals surface area contributed by atoms with Gasteiger partial charge in [0.15, 0.2) is 4.93 Å². The van der Waals surface area contributed by atoms with Crippen LogP contribution < -0.4 is 10.5 Å². The van der Waals surface area contributed by atoms with Gasteiger partial charge in [0.2, 0.25) is 0 Å². The number of hydrogen-bond donors (Lipinski definition) is 1. The topological polar surface area (TPSA) is 35.2 Å². The minimum Gasteiger partial charge on any atom is -0.476 e. The number of rotatable bonds is 1. The summed E-state index contributed by atoms with van der Waals surface area (Å²) in [5, 5.41) is 0. The van der Waals surface area contributed by atoms with Gasteiger partial charge in [-0.05, 0) is 38.5 Å². The molecule has 1 atom stereocenters. The van der Waals surface area contributed by atoms with Crippen LogP contribution in [0.25, 0.3) is 0 Å². The number of nitrogens with two attached hydrogens (primary N) is 1. The number of thioether (sulfide) groups is 1. The standard InChI is InChI=1S/C11H15NOS/c1-7(12)8-4-5-10-9(6-8)13-11(2,3)14-10/h4-7H,12H2,1-3H3. The number of hydrogen-bond acceptors (Lipinski definition) is 3. The Morgan fingerprint density at radius 2 is 2.14 bits per heavy atom. The van der Waals surface area contributed by atoms with Crippen LogP contribution in [0, 0.1) is 0 Å². The predicted molar refractivity (Wildman–Crippen MR) is 59.6 cm³/mol. The molecule has 1 aliphatic heterocycles. The van der Waals surface area contributed by atoms with Crippen molar-refractivity contribution < 1.29 is 4.74 Å². The molecule has 2 rings (SSSR count). The van der Waals surface area contributed by atoms with Gasteiger partial charge in [-0.1, -0.05) is 17.8 Å². The Bertz CT molecular complexity index is 360. The molecule has 14 heavy (non-hydrogen) atoms. The molecule has 0 saturated carbocycles.